The van der Waals surface area contributed by atoms with E-state index in [-0.39, 0.29) is 11.9 Å². The Balaban J connectivity index is 2.44. The van der Waals surface area contributed by atoms with Crippen LogP contribution in [0.1, 0.15) is 39.0 Å². The molecule has 1 rings (SSSR count). The summed E-state index contributed by atoms with van der Waals surface area (Å²) < 4.78 is 4.99. The number of carbonyl (C=O) groups excluding carboxylic acids is 1. The highest BCUT2D eigenvalue weighted by molar-refractivity contribution is 5.74. The van der Waals surface area contributed by atoms with Crippen LogP contribution in [0.3, 0.4) is 0 Å². The first kappa shape index (κ1) is 10.3. The number of ether oxygens (including phenoxy) is 1. The molecule has 1 aliphatic rings. The van der Waals surface area contributed by atoms with E-state index in [0.717, 1.165) is 19.3 Å². The fourth-order valence-corrected chi connectivity index (χ4v) is 1.61. The summed E-state index contributed by atoms with van der Waals surface area (Å²) in [5.74, 6) is -0.0408. The van der Waals surface area contributed by atoms with Crippen molar-refractivity contribution in [1.29, 1.82) is 0 Å². The molecule has 0 aromatic rings. The Bertz CT molecular complexity index is 185. The van der Waals surface area contributed by atoms with Crippen molar-refractivity contribution in [3.63, 3.8) is 0 Å². The van der Waals surface area contributed by atoms with E-state index in [1.807, 2.05) is 13.0 Å². The SMILES string of the molecule is CCOC(=O)C1/C=C/CCCCC1. The molecular formula is C11H18O2. The van der Waals surface area contributed by atoms with Gasteiger partial charge >= 0.3 is 5.97 Å². The number of carbonyl (C=O) groups is 1. The molecule has 1 unspecified atom stereocenters. The molecule has 0 fully saturated rings. The van der Waals surface area contributed by atoms with Gasteiger partial charge in [-0.3, -0.25) is 4.79 Å². The summed E-state index contributed by atoms with van der Waals surface area (Å²) in [7, 11) is 0. The van der Waals surface area contributed by atoms with Crippen molar-refractivity contribution in [2.24, 2.45) is 5.92 Å². The molecule has 2 nitrogen and oxygen atoms in total. The Morgan fingerprint density at radius 1 is 1.46 bits per heavy atom. The second-order valence-corrected chi connectivity index (χ2v) is 3.42. The Kier molecular flexibility index (Phi) is 4.58. The highest BCUT2D eigenvalue weighted by atomic mass is 16.5. The summed E-state index contributed by atoms with van der Waals surface area (Å²) in [6.07, 6.45) is 9.82. The molecule has 0 amide bonds. The monoisotopic (exact) mass is 182 g/mol. The molecule has 2 heteroatoms. The molecule has 0 heterocycles. The van der Waals surface area contributed by atoms with Gasteiger partial charge < -0.3 is 4.74 Å². The molecule has 1 atom stereocenters. The van der Waals surface area contributed by atoms with Crippen LogP contribution in [-0.2, 0) is 9.53 Å². The van der Waals surface area contributed by atoms with E-state index in [9.17, 15) is 4.79 Å². The van der Waals surface area contributed by atoms with Crippen LogP contribution in [0, 0.1) is 5.92 Å². The number of allylic oxidation sites excluding steroid dienone is 1. The zero-order chi connectivity index (χ0) is 9.52. The third kappa shape index (κ3) is 3.62. The molecule has 0 aliphatic heterocycles. The molecule has 0 N–H and O–H groups in total. The van der Waals surface area contributed by atoms with Gasteiger partial charge in [0, 0.05) is 0 Å². The quantitative estimate of drug-likeness (QED) is 0.485. The van der Waals surface area contributed by atoms with Crippen LogP contribution in [0.15, 0.2) is 12.2 Å². The Labute approximate surface area is 80.0 Å². The maximum atomic E-state index is 11.4. The molecule has 0 saturated carbocycles. The summed E-state index contributed by atoms with van der Waals surface area (Å²) in [5, 5.41) is 0. The van der Waals surface area contributed by atoms with Crippen LogP contribution in [0.5, 0.6) is 0 Å². The van der Waals surface area contributed by atoms with Crippen LogP contribution in [0.2, 0.25) is 0 Å². The van der Waals surface area contributed by atoms with Gasteiger partial charge in [-0.2, -0.15) is 0 Å². The van der Waals surface area contributed by atoms with Crippen LogP contribution in [0.25, 0.3) is 0 Å². The zero-order valence-electron chi connectivity index (χ0n) is 8.29. The van der Waals surface area contributed by atoms with E-state index >= 15 is 0 Å². The number of hydrogen-bond acceptors (Lipinski definition) is 2. The van der Waals surface area contributed by atoms with Crippen molar-refractivity contribution in [3.8, 4) is 0 Å². The zero-order valence-corrected chi connectivity index (χ0v) is 8.29. The number of rotatable bonds is 2. The molecular weight excluding hydrogens is 164 g/mol. The van der Waals surface area contributed by atoms with E-state index in [4.69, 9.17) is 4.74 Å². The fraction of sp³-hybridized carbons (Fsp3) is 0.727. The van der Waals surface area contributed by atoms with Crippen LogP contribution < -0.4 is 0 Å². The first-order valence-electron chi connectivity index (χ1n) is 5.18. The first-order valence-corrected chi connectivity index (χ1v) is 5.18. The lowest BCUT2D eigenvalue weighted by Crippen LogP contribution is -2.16. The van der Waals surface area contributed by atoms with E-state index < -0.39 is 0 Å². The van der Waals surface area contributed by atoms with Gasteiger partial charge in [-0.05, 0) is 26.2 Å². The van der Waals surface area contributed by atoms with Gasteiger partial charge in [0.2, 0.25) is 0 Å². The van der Waals surface area contributed by atoms with E-state index in [1.54, 1.807) is 0 Å². The largest absolute Gasteiger partial charge is 0.466 e. The van der Waals surface area contributed by atoms with Crippen molar-refractivity contribution in [3.05, 3.63) is 12.2 Å². The standard InChI is InChI=1S/C11H18O2/c1-2-13-11(12)10-8-6-4-3-5-7-9-10/h6,8,10H,2-5,7,9H2,1H3/b8-6+. The average Bonchev–Trinajstić information content (AvgIpc) is 2.03. The minimum absolute atomic E-state index is 0.0141. The highest BCUT2D eigenvalue weighted by Crippen LogP contribution is 2.17. The van der Waals surface area contributed by atoms with E-state index in [2.05, 4.69) is 6.08 Å². The van der Waals surface area contributed by atoms with Crippen molar-refractivity contribution in [2.75, 3.05) is 6.61 Å². The predicted molar refractivity (Wildman–Crippen MR) is 52.3 cm³/mol. The predicted octanol–water partition coefficient (Wildman–Crippen LogP) is 2.69. The van der Waals surface area contributed by atoms with Gasteiger partial charge in [0.15, 0.2) is 0 Å². The summed E-state index contributed by atoms with van der Waals surface area (Å²) in [4.78, 5) is 11.4. The molecule has 0 radical (unpaired) electrons. The lowest BCUT2D eigenvalue weighted by atomic mass is 9.97. The van der Waals surface area contributed by atoms with Gasteiger partial charge in [-0.25, -0.2) is 0 Å². The molecule has 13 heavy (non-hydrogen) atoms. The maximum Gasteiger partial charge on any atom is 0.312 e. The minimum atomic E-state index is -0.0550. The smallest absolute Gasteiger partial charge is 0.312 e. The van der Waals surface area contributed by atoms with Gasteiger partial charge in [0.05, 0.1) is 12.5 Å². The molecule has 0 spiro atoms. The summed E-state index contributed by atoms with van der Waals surface area (Å²) in [5.41, 5.74) is 0. The first-order chi connectivity index (χ1) is 6.34. The Morgan fingerprint density at radius 2 is 2.31 bits per heavy atom. The molecule has 0 saturated heterocycles. The molecule has 1 aliphatic carbocycles. The lowest BCUT2D eigenvalue weighted by Gasteiger charge is -2.13. The van der Waals surface area contributed by atoms with Gasteiger partial charge in [0.1, 0.15) is 0 Å². The third-order valence-corrected chi connectivity index (χ3v) is 2.34. The van der Waals surface area contributed by atoms with E-state index in [1.165, 1.54) is 12.8 Å². The second kappa shape index (κ2) is 5.79. The molecule has 0 bridgehead atoms. The molecule has 0 aromatic heterocycles. The number of hydrogen-bond donors (Lipinski definition) is 0. The van der Waals surface area contributed by atoms with Gasteiger partial charge in [-0.15, -0.1) is 0 Å². The summed E-state index contributed by atoms with van der Waals surface area (Å²) >= 11 is 0. The van der Waals surface area contributed by atoms with Crippen molar-refractivity contribution in [1.82, 2.24) is 0 Å². The third-order valence-electron chi connectivity index (χ3n) is 2.34. The van der Waals surface area contributed by atoms with Crippen molar-refractivity contribution < 1.29 is 9.53 Å². The van der Waals surface area contributed by atoms with Crippen LogP contribution in [-0.4, -0.2) is 12.6 Å². The topological polar surface area (TPSA) is 26.3 Å². The Morgan fingerprint density at radius 3 is 3.08 bits per heavy atom. The van der Waals surface area contributed by atoms with Crippen molar-refractivity contribution in [2.45, 2.75) is 39.0 Å². The van der Waals surface area contributed by atoms with Gasteiger partial charge in [-0.1, -0.05) is 25.0 Å². The van der Waals surface area contributed by atoms with Crippen LogP contribution in [0.4, 0.5) is 0 Å². The minimum Gasteiger partial charge on any atom is -0.466 e. The lowest BCUT2D eigenvalue weighted by molar-refractivity contribution is -0.146. The summed E-state index contributed by atoms with van der Waals surface area (Å²) in [6, 6.07) is 0. The molecule has 74 valence electrons. The Hall–Kier alpha value is -0.790. The fourth-order valence-electron chi connectivity index (χ4n) is 1.61. The van der Waals surface area contributed by atoms with E-state index in [0.29, 0.717) is 6.61 Å². The average molecular weight is 182 g/mol. The van der Waals surface area contributed by atoms with Gasteiger partial charge in [0.25, 0.3) is 0 Å². The van der Waals surface area contributed by atoms with Crippen molar-refractivity contribution >= 4 is 5.97 Å². The summed E-state index contributed by atoms with van der Waals surface area (Å²) in [6.45, 7) is 2.34. The highest BCUT2D eigenvalue weighted by Gasteiger charge is 2.16. The maximum absolute atomic E-state index is 11.4. The second-order valence-electron chi connectivity index (χ2n) is 3.42. The van der Waals surface area contributed by atoms with Crippen LogP contribution >= 0.6 is 0 Å². The number of esters is 1. The molecule has 0 aromatic carbocycles. The normalized spacial score (nSPS) is 25.8.